The highest BCUT2D eigenvalue weighted by Gasteiger charge is 2.12. The number of thioether (sulfide) groups is 1. The van der Waals surface area contributed by atoms with Gasteiger partial charge in [0, 0.05) is 6.07 Å². The first-order chi connectivity index (χ1) is 12.5. The van der Waals surface area contributed by atoms with Gasteiger partial charge in [-0.25, -0.2) is 0 Å². The third-order valence-corrected chi connectivity index (χ3v) is 4.34. The van der Waals surface area contributed by atoms with Crippen LogP contribution in [0.1, 0.15) is 31.2 Å². The van der Waals surface area contributed by atoms with Gasteiger partial charge in [-0.3, -0.25) is 9.59 Å². The monoisotopic (exact) mass is 377 g/mol. The van der Waals surface area contributed by atoms with Crippen LogP contribution in [0.3, 0.4) is 0 Å². The van der Waals surface area contributed by atoms with Crippen LogP contribution >= 0.6 is 11.8 Å². The van der Waals surface area contributed by atoms with Crippen LogP contribution in [-0.2, 0) is 9.59 Å². The quantitative estimate of drug-likeness (QED) is 0.698. The normalized spacial score (nSPS) is 11.7. The Morgan fingerprint density at radius 3 is 2.73 bits per heavy atom. The van der Waals surface area contributed by atoms with Gasteiger partial charge in [-0.1, -0.05) is 17.3 Å². The molecule has 1 aromatic carbocycles. The van der Waals surface area contributed by atoms with Crippen LogP contribution in [0.2, 0.25) is 0 Å². The summed E-state index contributed by atoms with van der Waals surface area (Å²) in [7, 11) is 0. The first-order valence-electron chi connectivity index (χ1n) is 8.31. The number of carbonyl (C=O) groups excluding carboxylic acids is 2. The standard InChI is InChI=1S/C18H23N3O4S/c1-4-24-15-7-5-6-14(9-15)13(3)19-17(22)10-26-11-18(23)20-16-8-12(2)25-21-16/h5-9,13H,4,10-11H2,1-3H3,(H,19,22)(H,20,21,23). The zero-order chi connectivity index (χ0) is 18.9. The molecule has 1 unspecified atom stereocenters. The number of rotatable bonds is 9. The van der Waals surface area contributed by atoms with Gasteiger partial charge < -0.3 is 19.9 Å². The lowest BCUT2D eigenvalue weighted by molar-refractivity contribution is -0.119. The average Bonchev–Trinajstić information content (AvgIpc) is 3.00. The average molecular weight is 377 g/mol. The number of carbonyl (C=O) groups is 2. The number of ether oxygens (including phenoxy) is 1. The lowest BCUT2D eigenvalue weighted by Gasteiger charge is -2.15. The minimum Gasteiger partial charge on any atom is -0.494 e. The lowest BCUT2D eigenvalue weighted by Crippen LogP contribution is -2.28. The van der Waals surface area contributed by atoms with E-state index >= 15 is 0 Å². The number of anilines is 1. The van der Waals surface area contributed by atoms with Gasteiger partial charge in [-0.2, -0.15) is 0 Å². The molecule has 0 aliphatic rings. The first-order valence-corrected chi connectivity index (χ1v) is 9.46. The van der Waals surface area contributed by atoms with Gasteiger partial charge in [0.2, 0.25) is 11.8 Å². The Morgan fingerprint density at radius 1 is 1.27 bits per heavy atom. The van der Waals surface area contributed by atoms with Crippen LogP contribution in [0, 0.1) is 6.92 Å². The number of aryl methyl sites for hydroxylation is 1. The second-order valence-electron chi connectivity index (χ2n) is 5.66. The number of hydrogen-bond donors (Lipinski definition) is 2. The second-order valence-corrected chi connectivity index (χ2v) is 6.64. The molecule has 7 nitrogen and oxygen atoms in total. The van der Waals surface area contributed by atoms with Crippen molar-refractivity contribution in [1.29, 1.82) is 0 Å². The van der Waals surface area contributed by atoms with Crippen LogP contribution in [0.25, 0.3) is 0 Å². The van der Waals surface area contributed by atoms with E-state index in [1.165, 1.54) is 11.8 Å². The molecule has 0 saturated heterocycles. The molecule has 0 radical (unpaired) electrons. The lowest BCUT2D eigenvalue weighted by atomic mass is 10.1. The Kier molecular flexibility index (Phi) is 7.53. The molecule has 1 heterocycles. The molecular weight excluding hydrogens is 354 g/mol. The Labute approximate surface area is 156 Å². The van der Waals surface area contributed by atoms with Gasteiger partial charge >= 0.3 is 0 Å². The van der Waals surface area contributed by atoms with Crippen molar-refractivity contribution in [2.24, 2.45) is 0 Å². The Balaban J connectivity index is 1.72. The van der Waals surface area contributed by atoms with Crippen molar-refractivity contribution in [3.8, 4) is 5.75 Å². The van der Waals surface area contributed by atoms with Crippen LogP contribution in [-0.4, -0.2) is 35.1 Å². The smallest absolute Gasteiger partial charge is 0.235 e. The second kappa shape index (κ2) is 9.86. The van der Waals surface area contributed by atoms with E-state index in [0.29, 0.717) is 18.2 Å². The maximum absolute atomic E-state index is 12.1. The highest BCUT2D eigenvalue weighted by molar-refractivity contribution is 8.00. The first kappa shape index (κ1) is 19.8. The SMILES string of the molecule is CCOc1cccc(C(C)NC(=O)CSCC(=O)Nc2cc(C)on2)c1. The zero-order valence-electron chi connectivity index (χ0n) is 15.1. The Morgan fingerprint density at radius 2 is 2.04 bits per heavy atom. The van der Waals surface area contributed by atoms with E-state index in [-0.39, 0.29) is 29.4 Å². The number of benzene rings is 1. The molecule has 0 bridgehead atoms. The van der Waals surface area contributed by atoms with E-state index in [9.17, 15) is 9.59 Å². The van der Waals surface area contributed by atoms with Crippen molar-refractivity contribution in [1.82, 2.24) is 10.5 Å². The molecule has 2 aromatic rings. The summed E-state index contributed by atoms with van der Waals surface area (Å²) in [6.07, 6.45) is 0. The van der Waals surface area contributed by atoms with Gasteiger partial charge in [0.25, 0.3) is 0 Å². The molecule has 0 aliphatic carbocycles. The topological polar surface area (TPSA) is 93.5 Å². The molecule has 2 amide bonds. The van der Waals surface area contributed by atoms with Crippen LogP contribution in [0.15, 0.2) is 34.9 Å². The Hall–Kier alpha value is -2.48. The predicted octanol–water partition coefficient (Wildman–Crippen LogP) is 2.93. The summed E-state index contributed by atoms with van der Waals surface area (Å²) in [4.78, 5) is 23.8. The molecule has 0 aliphatic heterocycles. The number of nitrogens with one attached hydrogen (secondary N) is 2. The van der Waals surface area contributed by atoms with Gasteiger partial charge in [0.1, 0.15) is 11.5 Å². The van der Waals surface area contributed by atoms with Gasteiger partial charge in [-0.05, 0) is 38.5 Å². The summed E-state index contributed by atoms with van der Waals surface area (Å²) in [6.45, 7) is 6.17. The highest BCUT2D eigenvalue weighted by atomic mass is 32.2. The highest BCUT2D eigenvalue weighted by Crippen LogP contribution is 2.19. The van der Waals surface area contributed by atoms with Crippen molar-refractivity contribution >= 4 is 29.4 Å². The van der Waals surface area contributed by atoms with Crippen molar-refractivity contribution in [3.05, 3.63) is 41.7 Å². The molecule has 0 saturated carbocycles. The summed E-state index contributed by atoms with van der Waals surface area (Å²) in [5.74, 6) is 1.77. The number of amides is 2. The molecule has 1 atom stereocenters. The van der Waals surface area contributed by atoms with Crippen LogP contribution in [0.5, 0.6) is 5.75 Å². The van der Waals surface area contributed by atoms with E-state index in [1.54, 1.807) is 13.0 Å². The van der Waals surface area contributed by atoms with Crippen molar-refractivity contribution in [2.75, 3.05) is 23.4 Å². The summed E-state index contributed by atoms with van der Waals surface area (Å²) in [5.41, 5.74) is 0.966. The van der Waals surface area contributed by atoms with Gasteiger partial charge in [-0.15, -0.1) is 11.8 Å². The molecular formula is C18H23N3O4S. The maximum atomic E-state index is 12.1. The molecule has 26 heavy (non-hydrogen) atoms. The van der Waals surface area contributed by atoms with E-state index in [0.717, 1.165) is 11.3 Å². The van der Waals surface area contributed by atoms with Gasteiger partial charge in [0.05, 0.1) is 24.2 Å². The molecule has 0 spiro atoms. The third-order valence-electron chi connectivity index (χ3n) is 3.41. The number of nitrogens with zero attached hydrogens (tertiary/aromatic N) is 1. The van der Waals surface area contributed by atoms with Crippen molar-refractivity contribution < 1.29 is 18.8 Å². The molecule has 8 heteroatoms. The van der Waals surface area contributed by atoms with Crippen LogP contribution in [0.4, 0.5) is 5.82 Å². The minimum atomic E-state index is -0.228. The largest absolute Gasteiger partial charge is 0.494 e. The van der Waals surface area contributed by atoms with Crippen LogP contribution < -0.4 is 15.4 Å². The third kappa shape index (κ3) is 6.44. The summed E-state index contributed by atoms with van der Waals surface area (Å²) in [5, 5.41) is 9.22. The van der Waals surface area contributed by atoms with E-state index < -0.39 is 0 Å². The molecule has 2 N–H and O–H groups in total. The van der Waals surface area contributed by atoms with E-state index in [4.69, 9.17) is 9.26 Å². The fourth-order valence-electron chi connectivity index (χ4n) is 2.25. The summed E-state index contributed by atoms with van der Waals surface area (Å²) >= 11 is 1.24. The van der Waals surface area contributed by atoms with Gasteiger partial charge in [0.15, 0.2) is 5.82 Å². The number of aromatic nitrogens is 1. The number of hydrogen-bond acceptors (Lipinski definition) is 6. The summed E-state index contributed by atoms with van der Waals surface area (Å²) in [6, 6.07) is 9.12. The van der Waals surface area contributed by atoms with E-state index in [2.05, 4.69) is 15.8 Å². The molecule has 2 rings (SSSR count). The summed E-state index contributed by atoms with van der Waals surface area (Å²) < 4.78 is 10.3. The Bertz CT molecular complexity index is 748. The molecule has 140 valence electrons. The zero-order valence-corrected chi connectivity index (χ0v) is 15.9. The van der Waals surface area contributed by atoms with Crippen molar-refractivity contribution in [3.63, 3.8) is 0 Å². The minimum absolute atomic E-state index is 0.130. The predicted molar refractivity (Wildman–Crippen MR) is 101 cm³/mol. The molecule has 0 fully saturated rings. The maximum Gasteiger partial charge on any atom is 0.235 e. The van der Waals surface area contributed by atoms with Crippen molar-refractivity contribution in [2.45, 2.75) is 26.8 Å². The molecule has 1 aromatic heterocycles. The fourth-order valence-corrected chi connectivity index (χ4v) is 2.88. The van der Waals surface area contributed by atoms with E-state index in [1.807, 2.05) is 38.1 Å². The fraction of sp³-hybridized carbons (Fsp3) is 0.389.